The van der Waals surface area contributed by atoms with Gasteiger partial charge in [0.15, 0.2) is 0 Å². The van der Waals surface area contributed by atoms with Crippen molar-refractivity contribution in [2.75, 3.05) is 26.0 Å². The Hall–Kier alpha value is -1.44. The molecule has 2 aromatic rings. The number of nitrogens with zero attached hydrogens (tertiary/aromatic N) is 3. The van der Waals surface area contributed by atoms with Gasteiger partial charge >= 0.3 is 0 Å². The van der Waals surface area contributed by atoms with E-state index in [-0.39, 0.29) is 12.0 Å². The van der Waals surface area contributed by atoms with Gasteiger partial charge in [-0.15, -0.1) is 11.3 Å². The number of morpholine rings is 1. The largest absolute Gasteiger partial charge is 0.370 e. The summed E-state index contributed by atoms with van der Waals surface area (Å²) in [6, 6.07) is 3.85. The second kappa shape index (κ2) is 6.55. The summed E-state index contributed by atoms with van der Waals surface area (Å²) >= 11 is 3.06. The lowest BCUT2D eigenvalue weighted by Gasteiger charge is -2.32. The van der Waals surface area contributed by atoms with Crippen LogP contribution in [0.25, 0.3) is 0 Å². The molecule has 1 aliphatic heterocycles. The van der Waals surface area contributed by atoms with Crippen LogP contribution in [-0.4, -0.2) is 46.7 Å². The number of carbonyl (C=O) groups excluding carboxylic acids is 1. The molecule has 1 atom stereocenters. The molecule has 110 valence electrons. The van der Waals surface area contributed by atoms with E-state index in [2.05, 4.69) is 9.97 Å². The number of thiazole rings is 1. The van der Waals surface area contributed by atoms with Gasteiger partial charge in [-0.3, -0.25) is 9.78 Å². The highest BCUT2D eigenvalue weighted by atomic mass is 32.2. The second-order valence-electron chi connectivity index (χ2n) is 4.60. The molecular formula is C14H15N3O2S2. The summed E-state index contributed by atoms with van der Waals surface area (Å²) in [6.07, 6.45) is 5.36. The summed E-state index contributed by atoms with van der Waals surface area (Å²) in [4.78, 5) is 22.7. The first-order chi connectivity index (χ1) is 10.3. The number of thioether (sulfide) groups is 1. The molecule has 0 radical (unpaired) electrons. The van der Waals surface area contributed by atoms with E-state index in [9.17, 15) is 4.79 Å². The maximum atomic E-state index is 12.5. The Kier molecular flexibility index (Phi) is 4.52. The Morgan fingerprint density at radius 3 is 3.19 bits per heavy atom. The van der Waals surface area contributed by atoms with Crippen molar-refractivity contribution in [1.82, 2.24) is 14.9 Å². The molecule has 0 unspecified atom stereocenters. The van der Waals surface area contributed by atoms with Crippen LogP contribution in [-0.2, 0) is 4.74 Å². The van der Waals surface area contributed by atoms with E-state index in [1.165, 1.54) is 11.3 Å². The molecule has 0 spiro atoms. The van der Waals surface area contributed by atoms with Crippen LogP contribution in [0.15, 0.2) is 34.2 Å². The Morgan fingerprint density at radius 2 is 2.48 bits per heavy atom. The van der Waals surface area contributed by atoms with Crippen LogP contribution in [0.1, 0.15) is 22.2 Å². The highest BCUT2D eigenvalue weighted by molar-refractivity contribution is 8.00. The number of amides is 1. The van der Waals surface area contributed by atoms with Crippen molar-refractivity contribution >= 4 is 29.0 Å². The van der Waals surface area contributed by atoms with E-state index in [4.69, 9.17) is 4.74 Å². The van der Waals surface area contributed by atoms with E-state index >= 15 is 0 Å². The van der Waals surface area contributed by atoms with Crippen LogP contribution in [0.2, 0.25) is 0 Å². The quantitative estimate of drug-likeness (QED) is 0.813. The molecule has 3 heterocycles. The van der Waals surface area contributed by atoms with E-state index in [0.717, 1.165) is 9.90 Å². The van der Waals surface area contributed by atoms with Gasteiger partial charge in [0.2, 0.25) is 0 Å². The first-order valence-corrected chi connectivity index (χ1v) is 8.68. The van der Waals surface area contributed by atoms with E-state index < -0.39 is 0 Å². The maximum Gasteiger partial charge on any atom is 0.273 e. The molecule has 3 rings (SSSR count). The summed E-state index contributed by atoms with van der Waals surface area (Å²) in [7, 11) is 0. The van der Waals surface area contributed by atoms with E-state index in [1.807, 2.05) is 23.8 Å². The van der Waals surface area contributed by atoms with Gasteiger partial charge in [0.25, 0.3) is 5.91 Å². The van der Waals surface area contributed by atoms with Gasteiger partial charge in [-0.05, 0) is 12.3 Å². The number of carbonyl (C=O) groups is 1. The van der Waals surface area contributed by atoms with Gasteiger partial charge in [-0.1, -0.05) is 17.8 Å². The highest BCUT2D eigenvalue weighted by Gasteiger charge is 2.27. The first-order valence-electron chi connectivity index (χ1n) is 6.58. The van der Waals surface area contributed by atoms with Gasteiger partial charge in [0, 0.05) is 29.9 Å². The van der Waals surface area contributed by atoms with Gasteiger partial charge in [0.1, 0.15) is 16.1 Å². The fourth-order valence-corrected chi connectivity index (χ4v) is 3.45. The summed E-state index contributed by atoms with van der Waals surface area (Å²) in [5.41, 5.74) is 1.52. The lowest BCUT2D eigenvalue weighted by molar-refractivity contribution is -0.0231. The Balaban J connectivity index is 1.72. The molecule has 1 saturated heterocycles. The van der Waals surface area contributed by atoms with E-state index in [1.54, 1.807) is 29.1 Å². The number of hydrogen-bond donors (Lipinski definition) is 0. The number of rotatable bonds is 3. The lowest BCUT2D eigenvalue weighted by atomic mass is 10.1. The minimum Gasteiger partial charge on any atom is -0.370 e. The zero-order valence-corrected chi connectivity index (χ0v) is 13.2. The average Bonchev–Trinajstić information content (AvgIpc) is 3.04. The minimum absolute atomic E-state index is 0.0243. The minimum atomic E-state index is -0.116. The summed E-state index contributed by atoms with van der Waals surface area (Å²) in [5, 5.41) is 1.82. The fourth-order valence-electron chi connectivity index (χ4n) is 2.21. The number of pyridine rings is 1. The van der Waals surface area contributed by atoms with Crippen molar-refractivity contribution in [1.29, 1.82) is 0 Å². The van der Waals surface area contributed by atoms with Crippen LogP contribution in [0.3, 0.4) is 0 Å². The van der Waals surface area contributed by atoms with Crippen molar-refractivity contribution < 1.29 is 9.53 Å². The van der Waals surface area contributed by atoms with E-state index in [0.29, 0.717) is 25.4 Å². The molecule has 0 aliphatic carbocycles. The summed E-state index contributed by atoms with van der Waals surface area (Å²) in [6.45, 7) is 1.67. The van der Waals surface area contributed by atoms with Crippen LogP contribution in [0.4, 0.5) is 0 Å². The predicted molar refractivity (Wildman–Crippen MR) is 82.7 cm³/mol. The SMILES string of the molecule is CSc1nc(C(=O)N2CCO[C@@H](c3cccnc3)C2)cs1. The standard InChI is InChI=1S/C14H15N3O2S2/c1-20-14-16-11(9-21-14)13(18)17-5-6-19-12(8-17)10-3-2-4-15-7-10/h2-4,7,9,12H,5-6,8H2,1H3/t12-/m1/s1. The smallest absolute Gasteiger partial charge is 0.273 e. The molecule has 1 amide bonds. The van der Waals surface area contributed by atoms with Crippen molar-refractivity contribution in [2.45, 2.75) is 10.4 Å². The number of hydrogen-bond acceptors (Lipinski definition) is 6. The van der Waals surface area contributed by atoms with Crippen LogP contribution in [0.5, 0.6) is 0 Å². The van der Waals surface area contributed by atoms with Crippen LogP contribution in [0, 0.1) is 0 Å². The Labute approximate surface area is 131 Å². The number of ether oxygens (including phenoxy) is 1. The predicted octanol–water partition coefficient (Wildman–Crippen LogP) is 2.47. The van der Waals surface area contributed by atoms with Gasteiger partial charge in [-0.2, -0.15) is 0 Å². The molecule has 0 aromatic carbocycles. The molecule has 1 fully saturated rings. The molecule has 21 heavy (non-hydrogen) atoms. The van der Waals surface area contributed by atoms with Crippen molar-refractivity contribution in [2.24, 2.45) is 0 Å². The van der Waals surface area contributed by atoms with Crippen molar-refractivity contribution in [3.63, 3.8) is 0 Å². The second-order valence-corrected chi connectivity index (χ2v) is 6.51. The molecule has 0 N–H and O–H groups in total. The van der Waals surface area contributed by atoms with Gasteiger partial charge < -0.3 is 9.64 Å². The third kappa shape index (κ3) is 3.25. The highest BCUT2D eigenvalue weighted by Crippen LogP contribution is 2.24. The third-order valence-corrected chi connectivity index (χ3v) is 5.15. The topological polar surface area (TPSA) is 55.3 Å². The zero-order valence-electron chi connectivity index (χ0n) is 11.6. The monoisotopic (exact) mass is 321 g/mol. The van der Waals surface area contributed by atoms with Crippen molar-refractivity contribution in [3.05, 3.63) is 41.2 Å². The van der Waals surface area contributed by atoms with Crippen LogP contribution >= 0.6 is 23.1 Å². The van der Waals surface area contributed by atoms with Gasteiger partial charge in [0.05, 0.1) is 13.2 Å². The molecule has 7 heteroatoms. The van der Waals surface area contributed by atoms with Gasteiger partial charge in [-0.25, -0.2) is 4.98 Å². The lowest BCUT2D eigenvalue weighted by Crippen LogP contribution is -2.42. The normalized spacial score (nSPS) is 18.7. The molecule has 0 saturated carbocycles. The zero-order chi connectivity index (χ0) is 14.7. The van der Waals surface area contributed by atoms with Crippen molar-refractivity contribution in [3.8, 4) is 0 Å². The molecule has 0 bridgehead atoms. The third-order valence-electron chi connectivity index (χ3n) is 3.29. The Bertz CT molecular complexity index is 618. The van der Waals surface area contributed by atoms with Crippen LogP contribution < -0.4 is 0 Å². The average molecular weight is 321 g/mol. The summed E-state index contributed by atoms with van der Waals surface area (Å²) in [5.74, 6) is -0.0243. The number of aromatic nitrogens is 2. The fraction of sp³-hybridized carbons (Fsp3) is 0.357. The summed E-state index contributed by atoms with van der Waals surface area (Å²) < 4.78 is 6.66. The Morgan fingerprint density at radius 1 is 1.57 bits per heavy atom. The molecular weight excluding hydrogens is 306 g/mol. The maximum absolute atomic E-state index is 12.5. The first kappa shape index (κ1) is 14.5. The molecule has 5 nitrogen and oxygen atoms in total. The molecule has 1 aliphatic rings. The molecule has 2 aromatic heterocycles.